The van der Waals surface area contributed by atoms with E-state index in [4.69, 9.17) is 37.7 Å². The maximum absolute atomic E-state index is 13.4. The third kappa shape index (κ3) is 10.4. The fraction of sp³-hybridized carbons (Fsp3) is 0.519. The summed E-state index contributed by atoms with van der Waals surface area (Å²) in [6.07, 6.45) is 11.6. The van der Waals surface area contributed by atoms with Crippen LogP contribution in [0.25, 0.3) is 11.0 Å². The van der Waals surface area contributed by atoms with Crippen molar-refractivity contribution in [3.8, 4) is 11.5 Å². The summed E-state index contributed by atoms with van der Waals surface area (Å²) in [6.45, 7) is 13.5. The minimum atomic E-state index is -0.676. The Morgan fingerprint density at radius 3 is 2.24 bits per heavy atom. The third-order valence-electron chi connectivity index (χ3n) is 15.8. The Balaban J connectivity index is 0.656. The highest BCUT2D eigenvalue weighted by molar-refractivity contribution is 6.32. The fourth-order valence-corrected chi connectivity index (χ4v) is 11.9. The molecule has 4 saturated heterocycles. The highest BCUT2D eigenvalue weighted by atomic mass is 35.5. The number of aromatic nitrogens is 4. The van der Waals surface area contributed by atoms with Gasteiger partial charge in [-0.15, -0.1) is 11.6 Å². The van der Waals surface area contributed by atoms with Crippen LogP contribution in [0.3, 0.4) is 0 Å². The first-order chi connectivity index (χ1) is 33.9. The number of benzene rings is 3. The SMILES string of the molecule is Cn1c(=O)n(C2CCC(=O)NC2=O)c2cccc(CN3CCC(CN4CCC(C5CCN(c6nccc(COc7ccc(C(C)(C)c8cc(Cl)c(OCCCl)c(C9C=N9)c8)cc7)n6)CC5)CC4)CC3)c21. The number of para-hydroxylation sites is 1. The number of imidazole rings is 1. The van der Waals surface area contributed by atoms with E-state index < -0.39 is 11.9 Å². The van der Waals surface area contributed by atoms with Crippen molar-refractivity contribution in [3.05, 3.63) is 110 Å². The van der Waals surface area contributed by atoms with Gasteiger partial charge in [-0.1, -0.05) is 49.7 Å². The fourth-order valence-electron chi connectivity index (χ4n) is 11.6. The summed E-state index contributed by atoms with van der Waals surface area (Å²) < 4.78 is 15.4. The van der Waals surface area contributed by atoms with Crippen LogP contribution >= 0.6 is 23.2 Å². The van der Waals surface area contributed by atoms with Crippen LogP contribution in [0.1, 0.15) is 105 Å². The number of imide groups is 1. The summed E-state index contributed by atoms with van der Waals surface area (Å²) in [5.41, 5.74) is 6.24. The first kappa shape index (κ1) is 48.4. The average Bonchev–Trinajstić information content (AvgIpc) is 4.19. The molecule has 0 aliphatic carbocycles. The Bertz CT molecular complexity index is 2780. The van der Waals surface area contributed by atoms with Gasteiger partial charge in [0.05, 0.1) is 27.6 Å². The number of nitrogens with zero attached hydrogens (tertiary/aromatic N) is 8. The molecule has 370 valence electrons. The van der Waals surface area contributed by atoms with Crippen LogP contribution in [0.5, 0.6) is 11.5 Å². The number of aliphatic imine (C=N–C) groups is 1. The number of fused-ring (bicyclic) bond motifs is 1. The normalized spacial score (nSPS) is 21.1. The first-order valence-corrected chi connectivity index (χ1v) is 26.2. The molecular weight excluding hydrogens is 926 g/mol. The van der Waals surface area contributed by atoms with E-state index in [1.807, 2.05) is 48.8 Å². The predicted octanol–water partition coefficient (Wildman–Crippen LogP) is 8.25. The lowest BCUT2D eigenvalue weighted by Gasteiger charge is -2.41. The number of ether oxygens (including phenoxy) is 2. The van der Waals surface area contributed by atoms with E-state index in [9.17, 15) is 14.4 Å². The summed E-state index contributed by atoms with van der Waals surface area (Å²) >= 11 is 12.7. The van der Waals surface area contributed by atoms with Gasteiger partial charge in [0.1, 0.15) is 36.8 Å². The van der Waals surface area contributed by atoms with Crippen molar-refractivity contribution in [2.45, 2.75) is 95.9 Å². The van der Waals surface area contributed by atoms with Gasteiger partial charge in [-0.25, -0.2) is 14.8 Å². The number of carbonyl (C=O) groups is 2. The molecule has 2 amide bonds. The van der Waals surface area contributed by atoms with Crippen LogP contribution in [-0.2, 0) is 35.2 Å². The smallest absolute Gasteiger partial charge is 0.329 e. The van der Waals surface area contributed by atoms with Crippen LogP contribution in [0.4, 0.5) is 5.95 Å². The predicted molar refractivity (Wildman–Crippen MR) is 275 cm³/mol. The Morgan fingerprint density at radius 1 is 0.829 bits per heavy atom. The van der Waals surface area contributed by atoms with E-state index in [0.29, 0.717) is 42.2 Å². The molecule has 5 aromatic rings. The molecule has 5 aliphatic heterocycles. The van der Waals surface area contributed by atoms with Crippen molar-refractivity contribution < 1.29 is 19.1 Å². The number of anilines is 1. The van der Waals surface area contributed by atoms with Gasteiger partial charge in [-0.2, -0.15) is 0 Å². The lowest BCUT2D eigenvalue weighted by atomic mass is 9.77. The molecule has 0 radical (unpaired) electrons. The van der Waals surface area contributed by atoms with Crippen LogP contribution < -0.4 is 25.4 Å². The maximum atomic E-state index is 13.4. The zero-order chi connectivity index (χ0) is 48.5. The van der Waals surface area contributed by atoms with Crippen molar-refractivity contribution in [2.24, 2.45) is 29.8 Å². The minimum absolute atomic E-state index is 0.00621. The number of halogens is 2. The molecule has 5 aliphatic rings. The van der Waals surface area contributed by atoms with E-state index >= 15 is 0 Å². The van der Waals surface area contributed by atoms with Crippen molar-refractivity contribution >= 4 is 58.2 Å². The maximum Gasteiger partial charge on any atom is 0.329 e. The van der Waals surface area contributed by atoms with Gasteiger partial charge in [0.15, 0.2) is 0 Å². The average molecular weight is 991 g/mol. The van der Waals surface area contributed by atoms with Gasteiger partial charge in [0.25, 0.3) is 0 Å². The Labute approximate surface area is 420 Å². The number of alkyl halides is 1. The summed E-state index contributed by atoms with van der Waals surface area (Å²) in [5, 5.41) is 2.98. The molecule has 7 heterocycles. The lowest BCUT2D eigenvalue weighted by molar-refractivity contribution is -0.135. The molecule has 0 saturated carbocycles. The monoisotopic (exact) mass is 989 g/mol. The summed E-state index contributed by atoms with van der Waals surface area (Å²) in [6, 6.07) is 19.7. The number of hydrogen-bond acceptors (Lipinski definition) is 11. The van der Waals surface area contributed by atoms with Gasteiger partial charge in [0.2, 0.25) is 17.8 Å². The van der Waals surface area contributed by atoms with E-state index in [1.54, 1.807) is 16.2 Å². The van der Waals surface area contributed by atoms with E-state index in [0.717, 1.165) is 95.2 Å². The number of amides is 2. The van der Waals surface area contributed by atoms with Crippen molar-refractivity contribution in [1.29, 1.82) is 0 Å². The molecule has 2 unspecified atom stereocenters. The number of hydrogen-bond donors (Lipinski definition) is 1. The van der Waals surface area contributed by atoms with Gasteiger partial charge < -0.3 is 19.3 Å². The second-order valence-electron chi connectivity index (χ2n) is 20.6. The molecule has 2 aromatic heterocycles. The minimum Gasteiger partial charge on any atom is -0.490 e. The third-order valence-corrected chi connectivity index (χ3v) is 16.3. The molecule has 4 fully saturated rings. The van der Waals surface area contributed by atoms with Crippen molar-refractivity contribution in [2.75, 3.05) is 63.2 Å². The molecular formula is C54H65Cl2N9O5. The molecule has 1 N–H and O–H groups in total. The van der Waals surface area contributed by atoms with Gasteiger partial charge in [0, 0.05) is 63.0 Å². The molecule has 0 bridgehead atoms. The standard InChI is InChI=1S/C54H65Cl2N9O5/c1-54(2,40-29-43(45-31-58-45)50(44(56)30-40)69-28-20-55)39-7-9-42(10-8-39)70-34-41-13-21-57-52(59-41)64-26-18-37(19-27-64)36-16-24-62(25-17-36)32-35-14-22-63(23-15-35)33-38-5-4-6-46-49(38)61(3)53(68)65(46)47-11-12-48(66)60-51(47)67/h4-10,13,21,29-31,35-37,45,47H,11-12,14-20,22-28,32-34H2,1-3H3,(H,60,66,67). The Hall–Kier alpha value is -5.28. The second kappa shape index (κ2) is 20.8. The summed E-state index contributed by atoms with van der Waals surface area (Å²) in [5.74, 6) is 4.14. The Kier molecular flexibility index (Phi) is 14.4. The van der Waals surface area contributed by atoms with Crippen LogP contribution in [0.15, 0.2) is 76.6 Å². The molecule has 0 spiro atoms. The van der Waals surface area contributed by atoms with Gasteiger partial charge in [-0.3, -0.25) is 33.9 Å². The molecule has 2 atom stereocenters. The highest BCUT2D eigenvalue weighted by Gasteiger charge is 2.35. The quantitative estimate of drug-likeness (QED) is 0.0760. The topological polar surface area (TPSA) is 139 Å². The number of nitrogens with one attached hydrogen (secondary N) is 1. The Morgan fingerprint density at radius 2 is 1.54 bits per heavy atom. The van der Waals surface area contributed by atoms with Crippen LogP contribution in [0, 0.1) is 17.8 Å². The second-order valence-corrected chi connectivity index (χ2v) is 21.4. The van der Waals surface area contributed by atoms with Crippen LogP contribution in [-0.4, -0.2) is 105 Å². The van der Waals surface area contributed by atoms with E-state index in [1.165, 1.54) is 58.2 Å². The van der Waals surface area contributed by atoms with E-state index in [2.05, 4.69) is 68.1 Å². The van der Waals surface area contributed by atoms with Crippen molar-refractivity contribution in [3.63, 3.8) is 0 Å². The lowest BCUT2D eigenvalue weighted by Crippen LogP contribution is -2.44. The molecule has 70 heavy (non-hydrogen) atoms. The largest absolute Gasteiger partial charge is 0.490 e. The molecule has 10 rings (SSSR count). The zero-order valence-corrected chi connectivity index (χ0v) is 42.1. The number of rotatable bonds is 16. The van der Waals surface area contributed by atoms with Gasteiger partial charge >= 0.3 is 5.69 Å². The number of carbonyl (C=O) groups excluding carboxylic acids is 2. The van der Waals surface area contributed by atoms with Gasteiger partial charge in [-0.05, 0) is 142 Å². The number of piperidine rings is 4. The van der Waals surface area contributed by atoms with Crippen LogP contribution in [0.2, 0.25) is 5.02 Å². The molecule has 3 aromatic carbocycles. The molecule has 14 nitrogen and oxygen atoms in total. The summed E-state index contributed by atoms with van der Waals surface area (Å²) in [7, 11) is 1.78. The number of likely N-dealkylation sites (tertiary alicyclic amines) is 2. The first-order valence-electron chi connectivity index (χ1n) is 25.3. The molecule has 16 heteroatoms. The van der Waals surface area contributed by atoms with E-state index in [-0.39, 0.29) is 29.5 Å². The summed E-state index contributed by atoms with van der Waals surface area (Å²) in [4.78, 5) is 59.6. The van der Waals surface area contributed by atoms with Crippen molar-refractivity contribution in [1.82, 2.24) is 34.2 Å². The number of aryl methyl sites for hydroxylation is 1. The highest BCUT2D eigenvalue weighted by Crippen LogP contribution is 2.43. The zero-order valence-electron chi connectivity index (χ0n) is 40.6.